The lowest BCUT2D eigenvalue weighted by molar-refractivity contribution is -0.138. The maximum atomic E-state index is 13.5. The molecule has 0 saturated heterocycles. The number of hydrogen-bond donors (Lipinski definition) is 1. The Morgan fingerprint density at radius 1 is 0.900 bits per heavy atom. The van der Waals surface area contributed by atoms with Gasteiger partial charge in [0.05, 0.1) is 23.8 Å². The molecule has 11 nitrogen and oxygen atoms in total. The smallest absolute Gasteiger partial charge is 0.305 e. The normalized spacial score (nSPS) is 14.1. The molecule has 3 atom stereocenters. The second-order valence-electron chi connectivity index (χ2n) is 12.9. The molecule has 0 fully saturated rings. The lowest BCUT2D eigenvalue weighted by Gasteiger charge is -2.45. The highest BCUT2D eigenvalue weighted by Gasteiger charge is 2.51. The van der Waals surface area contributed by atoms with Crippen molar-refractivity contribution >= 4 is 46.4 Å². The summed E-state index contributed by atoms with van der Waals surface area (Å²) >= 11 is 3.29. The van der Waals surface area contributed by atoms with Gasteiger partial charge in [-0.3, -0.25) is 9.59 Å². The summed E-state index contributed by atoms with van der Waals surface area (Å²) in [6.45, 7) is 8.15. The van der Waals surface area contributed by atoms with Crippen molar-refractivity contribution in [1.29, 1.82) is 0 Å². The molecule has 5 aromatic rings. The highest BCUT2D eigenvalue weighted by atomic mass is 79.9. The Hall–Kier alpha value is -4.43. The molecule has 13 heteroatoms. The van der Waals surface area contributed by atoms with Crippen LogP contribution in [0, 0.1) is 5.92 Å². The second-order valence-corrected chi connectivity index (χ2v) is 17.7. The van der Waals surface area contributed by atoms with Crippen molar-refractivity contribution in [3.05, 3.63) is 103 Å². The van der Waals surface area contributed by atoms with E-state index in [1.807, 2.05) is 36.4 Å². The minimum Gasteiger partial charge on any atom is -0.481 e. The van der Waals surface area contributed by atoms with Gasteiger partial charge in [0.2, 0.25) is 17.7 Å². The van der Waals surface area contributed by atoms with Crippen LogP contribution in [0.2, 0.25) is 5.04 Å². The first kappa shape index (κ1) is 36.8. The van der Waals surface area contributed by atoms with Gasteiger partial charge in [0, 0.05) is 7.11 Å². The van der Waals surface area contributed by atoms with Crippen molar-refractivity contribution in [3.63, 3.8) is 0 Å². The first-order valence-electron chi connectivity index (χ1n) is 16.1. The number of benzene rings is 2. The molecule has 0 amide bonds. The number of allylic oxidation sites excluding steroid dienone is 1. The van der Waals surface area contributed by atoms with Crippen LogP contribution in [0.4, 0.5) is 0 Å². The largest absolute Gasteiger partial charge is 0.481 e. The van der Waals surface area contributed by atoms with Crippen LogP contribution in [0.25, 0.3) is 23.2 Å². The third-order valence-electron chi connectivity index (χ3n) is 8.42. The molecule has 0 bridgehead atoms. The van der Waals surface area contributed by atoms with Gasteiger partial charge < -0.3 is 27.5 Å². The number of carboxylic acid groups (broad SMARTS) is 1. The van der Waals surface area contributed by atoms with E-state index in [4.69, 9.17) is 22.4 Å². The molecule has 0 aliphatic heterocycles. The van der Waals surface area contributed by atoms with Crippen molar-refractivity contribution in [1.82, 2.24) is 15.0 Å². The van der Waals surface area contributed by atoms with Crippen molar-refractivity contribution in [2.75, 3.05) is 7.11 Å². The Kier molecular flexibility index (Phi) is 11.8. The maximum Gasteiger partial charge on any atom is 0.305 e. The van der Waals surface area contributed by atoms with E-state index in [1.165, 1.54) is 32.0 Å². The summed E-state index contributed by atoms with van der Waals surface area (Å²) in [5.74, 6) is -0.931. The van der Waals surface area contributed by atoms with Crippen LogP contribution in [0.5, 0.6) is 0 Å². The van der Waals surface area contributed by atoms with Gasteiger partial charge in [0.15, 0.2) is 17.2 Å². The molecule has 0 radical (unpaired) electrons. The summed E-state index contributed by atoms with van der Waals surface area (Å²) in [6.07, 6.45) is 6.00. The van der Waals surface area contributed by atoms with Crippen LogP contribution >= 0.6 is 15.9 Å². The van der Waals surface area contributed by atoms with Gasteiger partial charge in [-0.2, -0.15) is 0 Å². The van der Waals surface area contributed by atoms with Gasteiger partial charge in [-0.05, 0) is 27.9 Å². The molecule has 0 unspecified atom stereocenters. The standard InChI is InChI=1S/C37H40BrN3O8Si/c1-24(34(45-5)28-21-47-36(40-28)30-23-48-35(41-30)29-22-46-32(20-38)39-29)31(42)18-12-13-25(19-33(43)44)49-50(37(2,3)4,26-14-8-6-9-15-26)27-16-10-7-11-17-27/h6-12,14-18,21-25,34H,13,19-20H2,1-5H3,(H,43,44)/b18-12+/t24-,25-,34-/m0/s1. The molecular formula is C37H40BrN3O8Si. The second kappa shape index (κ2) is 16.1. The van der Waals surface area contributed by atoms with Crippen molar-refractivity contribution in [3.8, 4) is 23.2 Å². The fourth-order valence-corrected chi connectivity index (χ4v) is 11.0. The Bertz CT molecular complexity index is 1860. The Morgan fingerprint density at radius 3 is 2.04 bits per heavy atom. The summed E-state index contributed by atoms with van der Waals surface area (Å²) in [6, 6.07) is 20.1. The van der Waals surface area contributed by atoms with E-state index in [0.29, 0.717) is 28.3 Å². The summed E-state index contributed by atoms with van der Waals surface area (Å²) in [4.78, 5) is 38.8. The van der Waals surface area contributed by atoms with E-state index in [0.717, 1.165) is 10.4 Å². The van der Waals surface area contributed by atoms with E-state index in [-0.39, 0.29) is 35.4 Å². The first-order valence-corrected chi connectivity index (χ1v) is 19.2. The number of carbonyl (C=O) groups excluding carboxylic acids is 1. The molecule has 1 N–H and O–H groups in total. The third kappa shape index (κ3) is 8.13. The minimum atomic E-state index is -3.03. The van der Waals surface area contributed by atoms with Gasteiger partial charge in [-0.1, -0.05) is 110 Å². The number of aromatic nitrogens is 3. The van der Waals surface area contributed by atoms with Crippen LogP contribution in [0.1, 0.15) is 58.2 Å². The van der Waals surface area contributed by atoms with Crippen LogP contribution in [-0.2, 0) is 24.1 Å². The number of ether oxygens (including phenoxy) is 1. The quantitative estimate of drug-likeness (QED) is 0.0621. The van der Waals surface area contributed by atoms with Gasteiger partial charge >= 0.3 is 5.97 Å². The number of methoxy groups -OCH3 is 1. The molecule has 3 aromatic heterocycles. The zero-order chi connectivity index (χ0) is 35.9. The fraction of sp³-hybridized carbons (Fsp3) is 0.324. The van der Waals surface area contributed by atoms with Crippen LogP contribution in [0.15, 0.2) is 105 Å². The van der Waals surface area contributed by atoms with E-state index in [1.54, 1.807) is 13.0 Å². The highest BCUT2D eigenvalue weighted by molar-refractivity contribution is 9.08. The summed E-state index contributed by atoms with van der Waals surface area (Å²) < 4.78 is 29.3. The Labute approximate surface area is 300 Å². The van der Waals surface area contributed by atoms with Crippen LogP contribution in [0.3, 0.4) is 0 Å². The average molecular weight is 763 g/mol. The van der Waals surface area contributed by atoms with Gasteiger partial charge in [-0.25, -0.2) is 15.0 Å². The molecule has 0 aliphatic carbocycles. The molecular weight excluding hydrogens is 722 g/mol. The van der Waals surface area contributed by atoms with Gasteiger partial charge in [0.1, 0.15) is 30.6 Å². The number of nitrogens with zero attached hydrogens (tertiary/aromatic N) is 3. The zero-order valence-electron chi connectivity index (χ0n) is 28.5. The topological polar surface area (TPSA) is 151 Å². The van der Waals surface area contributed by atoms with E-state index < -0.39 is 32.4 Å². The highest BCUT2D eigenvalue weighted by Crippen LogP contribution is 2.38. The van der Waals surface area contributed by atoms with Crippen molar-refractivity contribution in [2.45, 2.75) is 63.1 Å². The van der Waals surface area contributed by atoms with Crippen molar-refractivity contribution < 1.29 is 37.1 Å². The zero-order valence-corrected chi connectivity index (χ0v) is 31.1. The maximum absolute atomic E-state index is 13.5. The third-order valence-corrected chi connectivity index (χ3v) is 14.0. The number of rotatable bonds is 16. The number of ketones is 1. The predicted molar refractivity (Wildman–Crippen MR) is 193 cm³/mol. The molecule has 0 saturated carbocycles. The van der Waals surface area contributed by atoms with E-state index in [9.17, 15) is 14.7 Å². The molecule has 50 heavy (non-hydrogen) atoms. The predicted octanol–water partition coefficient (Wildman–Crippen LogP) is 7.14. The number of oxazole rings is 3. The summed E-state index contributed by atoms with van der Waals surface area (Å²) in [5, 5.41) is 12.1. The Balaban J connectivity index is 1.33. The van der Waals surface area contributed by atoms with Crippen LogP contribution < -0.4 is 10.4 Å². The lowest BCUT2D eigenvalue weighted by atomic mass is 9.96. The SMILES string of the molecule is CO[C@H](c1coc(-c2coc(-c3coc(CBr)n3)n2)n1)[C@@H](C)C(=O)/C=C/C[C@@H](CC(=O)O)O[Si](c1ccccc1)(c1ccccc1)C(C)(C)C. The van der Waals surface area contributed by atoms with Gasteiger partial charge in [0.25, 0.3) is 8.32 Å². The molecule has 0 spiro atoms. The molecule has 2 aromatic carbocycles. The summed E-state index contributed by atoms with van der Waals surface area (Å²) in [7, 11) is -1.54. The number of alkyl halides is 1. The summed E-state index contributed by atoms with van der Waals surface area (Å²) in [5.41, 5.74) is 1.18. The number of carboxylic acids is 1. The Morgan fingerprint density at radius 2 is 1.48 bits per heavy atom. The molecule has 0 aliphatic rings. The number of halogens is 1. The monoisotopic (exact) mass is 761 g/mol. The van der Waals surface area contributed by atoms with E-state index in [2.05, 4.69) is 75.9 Å². The number of carbonyl (C=O) groups is 2. The number of aliphatic carboxylic acids is 1. The molecule has 262 valence electrons. The number of hydrogen-bond acceptors (Lipinski definition) is 10. The molecule has 3 heterocycles. The van der Waals surface area contributed by atoms with Gasteiger partial charge in [-0.15, -0.1) is 0 Å². The fourth-order valence-electron chi connectivity index (χ4n) is 6.02. The lowest BCUT2D eigenvalue weighted by Crippen LogP contribution is -2.67. The minimum absolute atomic E-state index is 0.188. The van der Waals surface area contributed by atoms with Crippen LogP contribution in [-0.4, -0.2) is 53.3 Å². The first-order chi connectivity index (χ1) is 24.0. The van der Waals surface area contributed by atoms with Crippen molar-refractivity contribution in [2.24, 2.45) is 5.92 Å². The molecule has 5 rings (SSSR count). The van der Waals surface area contributed by atoms with E-state index >= 15 is 0 Å². The average Bonchev–Trinajstić information content (AvgIpc) is 3.89.